The van der Waals surface area contributed by atoms with E-state index in [9.17, 15) is 14.9 Å². The third kappa shape index (κ3) is 4.35. The highest BCUT2D eigenvalue weighted by atomic mass is 16.6. The van der Waals surface area contributed by atoms with Gasteiger partial charge in [0, 0.05) is 17.7 Å². The molecule has 0 aliphatic carbocycles. The van der Waals surface area contributed by atoms with Crippen molar-refractivity contribution in [3.05, 3.63) is 58.1 Å². The second-order valence-electron chi connectivity index (χ2n) is 6.59. The number of hydrogen-bond donors (Lipinski definition) is 2. The van der Waals surface area contributed by atoms with E-state index >= 15 is 0 Å². The monoisotopic (exact) mass is 371 g/mol. The Kier molecular flexibility index (Phi) is 5.56. The molecule has 0 unspecified atom stereocenters. The molecule has 8 heteroatoms. The lowest BCUT2D eigenvalue weighted by atomic mass is 10.1. The largest absolute Gasteiger partial charge is 0.497 e. The van der Waals surface area contributed by atoms with Crippen LogP contribution in [0.5, 0.6) is 5.75 Å². The van der Waals surface area contributed by atoms with E-state index in [0.29, 0.717) is 17.0 Å². The summed E-state index contributed by atoms with van der Waals surface area (Å²) in [5.41, 5.74) is 1.61. The number of nitrogens with zero attached hydrogens (tertiary/aromatic N) is 2. The first-order valence-corrected chi connectivity index (χ1v) is 8.78. The van der Waals surface area contributed by atoms with E-state index in [1.54, 1.807) is 30.3 Å². The lowest BCUT2D eigenvalue weighted by molar-refractivity contribution is -0.880. The fourth-order valence-corrected chi connectivity index (χ4v) is 3.10. The van der Waals surface area contributed by atoms with Crippen LogP contribution in [0.2, 0.25) is 0 Å². The van der Waals surface area contributed by atoms with Crippen molar-refractivity contribution >= 4 is 23.0 Å². The van der Waals surface area contributed by atoms with Crippen LogP contribution in [0, 0.1) is 10.1 Å². The summed E-state index contributed by atoms with van der Waals surface area (Å²) in [6.07, 6.45) is 0. The lowest BCUT2D eigenvalue weighted by Crippen LogP contribution is -3.12. The van der Waals surface area contributed by atoms with Crippen molar-refractivity contribution in [3.8, 4) is 5.75 Å². The van der Waals surface area contributed by atoms with Gasteiger partial charge in [-0.3, -0.25) is 14.9 Å². The van der Waals surface area contributed by atoms with Crippen molar-refractivity contribution in [1.29, 1.82) is 0 Å². The van der Waals surface area contributed by atoms with E-state index in [1.807, 2.05) is 0 Å². The number of piperazine rings is 1. The molecule has 0 atom stereocenters. The molecule has 1 saturated heterocycles. The van der Waals surface area contributed by atoms with E-state index in [-0.39, 0.29) is 11.6 Å². The van der Waals surface area contributed by atoms with Crippen LogP contribution in [0.25, 0.3) is 0 Å². The number of ether oxygens (including phenoxy) is 1. The molecule has 1 amide bonds. The first-order valence-electron chi connectivity index (χ1n) is 8.78. The van der Waals surface area contributed by atoms with E-state index in [0.717, 1.165) is 31.9 Å². The van der Waals surface area contributed by atoms with Crippen molar-refractivity contribution in [2.45, 2.75) is 0 Å². The quantitative estimate of drug-likeness (QED) is 0.609. The van der Waals surface area contributed by atoms with Crippen LogP contribution in [0.4, 0.5) is 17.1 Å². The van der Waals surface area contributed by atoms with Crippen molar-refractivity contribution in [2.75, 3.05) is 50.6 Å². The Morgan fingerprint density at radius 2 is 1.96 bits per heavy atom. The molecular weight excluding hydrogens is 348 g/mol. The molecule has 2 N–H and O–H groups in total. The number of hydrogen-bond acceptors (Lipinski definition) is 5. The minimum Gasteiger partial charge on any atom is -0.497 e. The summed E-state index contributed by atoms with van der Waals surface area (Å²) in [6.45, 7) is 3.60. The van der Waals surface area contributed by atoms with Gasteiger partial charge in [0.2, 0.25) is 0 Å². The van der Waals surface area contributed by atoms with Gasteiger partial charge in [0.05, 0.1) is 56.6 Å². The number of benzene rings is 2. The van der Waals surface area contributed by atoms with Gasteiger partial charge >= 0.3 is 0 Å². The molecule has 1 aliphatic heterocycles. The molecule has 0 saturated carbocycles. The first-order chi connectivity index (χ1) is 13.0. The number of methoxy groups -OCH3 is 1. The van der Waals surface area contributed by atoms with E-state index < -0.39 is 4.92 Å². The van der Waals surface area contributed by atoms with E-state index in [1.165, 1.54) is 24.1 Å². The molecule has 8 nitrogen and oxygen atoms in total. The van der Waals surface area contributed by atoms with Crippen LogP contribution in [-0.2, 0) is 0 Å². The molecule has 0 bridgehead atoms. The Bertz CT molecular complexity index is 847. The van der Waals surface area contributed by atoms with Gasteiger partial charge in [0.15, 0.2) is 0 Å². The Labute approximate surface area is 157 Å². The smallest absolute Gasteiger partial charge is 0.271 e. The minimum absolute atomic E-state index is 0.0561. The number of amides is 1. The summed E-state index contributed by atoms with van der Waals surface area (Å²) in [4.78, 5) is 27.0. The summed E-state index contributed by atoms with van der Waals surface area (Å²) < 4.78 is 5.15. The highest BCUT2D eigenvalue weighted by Gasteiger charge is 2.22. The molecule has 1 fully saturated rings. The number of carbonyl (C=O) groups is 1. The number of quaternary nitrogens is 1. The second-order valence-corrected chi connectivity index (χ2v) is 6.59. The van der Waals surface area contributed by atoms with Gasteiger partial charge in [0.25, 0.3) is 11.6 Å². The second kappa shape index (κ2) is 8.05. The lowest BCUT2D eigenvalue weighted by Gasteiger charge is -2.32. The van der Waals surface area contributed by atoms with Crippen LogP contribution < -0.4 is 19.9 Å². The first kappa shape index (κ1) is 18.7. The number of non-ortho nitro benzene ring substituents is 1. The van der Waals surface area contributed by atoms with E-state index in [2.05, 4.69) is 17.3 Å². The summed E-state index contributed by atoms with van der Waals surface area (Å²) in [6, 6.07) is 11.4. The standard InChI is InChI=1S/C19H22N4O4/c1-21-8-10-22(11-9-21)18-7-6-15(23(25)26)13-17(18)20-19(24)14-4-3-5-16(12-14)27-2/h3-7,12-13H,8-11H2,1-2H3,(H,20,24)/p+1. The Morgan fingerprint density at radius 3 is 2.63 bits per heavy atom. The van der Waals surface area contributed by atoms with Crippen LogP contribution in [-0.4, -0.2) is 51.2 Å². The van der Waals surface area contributed by atoms with Crippen LogP contribution in [0.1, 0.15) is 10.4 Å². The minimum atomic E-state index is -0.459. The zero-order valence-corrected chi connectivity index (χ0v) is 15.4. The van der Waals surface area contributed by atoms with Crippen LogP contribution in [0.3, 0.4) is 0 Å². The summed E-state index contributed by atoms with van der Waals surface area (Å²) in [7, 11) is 3.67. The normalized spacial score (nSPS) is 14.7. The number of nitrogens with one attached hydrogen (secondary N) is 2. The Morgan fingerprint density at radius 1 is 1.22 bits per heavy atom. The summed E-state index contributed by atoms with van der Waals surface area (Å²) >= 11 is 0. The third-order valence-corrected chi connectivity index (χ3v) is 4.73. The van der Waals surface area contributed by atoms with Gasteiger partial charge in [0.1, 0.15) is 5.75 Å². The maximum absolute atomic E-state index is 12.7. The number of nitro benzene ring substituents is 1. The molecule has 1 heterocycles. The average Bonchev–Trinajstić information content (AvgIpc) is 2.68. The van der Waals surface area contributed by atoms with Crippen molar-refractivity contribution in [2.24, 2.45) is 0 Å². The Hall–Kier alpha value is -3.13. The molecular formula is C19H23N4O4+. The molecule has 142 valence electrons. The molecule has 1 aliphatic rings. The van der Waals surface area contributed by atoms with E-state index in [4.69, 9.17) is 4.74 Å². The average molecular weight is 371 g/mol. The van der Waals surface area contributed by atoms with Crippen LogP contribution >= 0.6 is 0 Å². The predicted molar refractivity (Wildman–Crippen MR) is 103 cm³/mol. The Balaban J connectivity index is 1.90. The maximum atomic E-state index is 12.7. The van der Waals surface area contributed by atoms with Crippen molar-refractivity contribution < 1.29 is 19.4 Å². The van der Waals surface area contributed by atoms with Gasteiger partial charge in [-0.05, 0) is 24.3 Å². The molecule has 0 aromatic heterocycles. The fraction of sp³-hybridized carbons (Fsp3) is 0.316. The van der Waals surface area contributed by atoms with Gasteiger partial charge in [-0.25, -0.2) is 0 Å². The van der Waals surface area contributed by atoms with Gasteiger partial charge in [-0.15, -0.1) is 0 Å². The molecule has 0 radical (unpaired) electrons. The molecule has 27 heavy (non-hydrogen) atoms. The number of anilines is 2. The number of rotatable bonds is 5. The zero-order chi connectivity index (χ0) is 19.4. The SMILES string of the molecule is COc1cccc(C(=O)Nc2cc([N+](=O)[O-])ccc2N2CC[NH+](C)CC2)c1. The van der Waals surface area contributed by atoms with Gasteiger partial charge in [-0.1, -0.05) is 6.07 Å². The number of nitro groups is 1. The highest BCUT2D eigenvalue weighted by molar-refractivity contribution is 6.06. The van der Waals surface area contributed by atoms with Crippen LogP contribution in [0.15, 0.2) is 42.5 Å². The number of carbonyl (C=O) groups excluding carboxylic acids is 1. The van der Waals surface area contributed by atoms with Crippen molar-refractivity contribution in [3.63, 3.8) is 0 Å². The summed E-state index contributed by atoms with van der Waals surface area (Å²) in [5.74, 6) is 0.236. The predicted octanol–water partition coefficient (Wildman–Crippen LogP) is 1.19. The van der Waals surface area contributed by atoms with Crippen molar-refractivity contribution in [1.82, 2.24) is 0 Å². The highest BCUT2D eigenvalue weighted by Crippen LogP contribution is 2.31. The zero-order valence-electron chi connectivity index (χ0n) is 15.4. The van der Waals surface area contributed by atoms with Gasteiger partial charge < -0.3 is 19.9 Å². The maximum Gasteiger partial charge on any atom is 0.271 e. The fourth-order valence-electron chi connectivity index (χ4n) is 3.10. The molecule has 3 rings (SSSR count). The third-order valence-electron chi connectivity index (χ3n) is 4.73. The number of likely N-dealkylation sites (N-methyl/N-ethyl adjacent to an activating group) is 1. The topological polar surface area (TPSA) is 89.1 Å². The van der Waals surface area contributed by atoms with Gasteiger partial charge in [-0.2, -0.15) is 0 Å². The molecule has 2 aromatic carbocycles. The molecule has 0 spiro atoms. The summed E-state index contributed by atoms with van der Waals surface area (Å²) in [5, 5.41) is 14.0. The molecule has 2 aromatic rings.